The first kappa shape index (κ1) is 12.4. The molecule has 86 valence electrons. The van der Waals surface area contributed by atoms with E-state index in [1.54, 1.807) is 6.92 Å². The van der Waals surface area contributed by atoms with Crippen molar-refractivity contribution < 1.29 is 18.5 Å². The van der Waals surface area contributed by atoms with E-state index in [4.69, 9.17) is 4.52 Å². The summed E-state index contributed by atoms with van der Waals surface area (Å²) in [6.07, 6.45) is 6.65. The van der Waals surface area contributed by atoms with E-state index in [1.807, 2.05) is 34.9 Å². The van der Waals surface area contributed by atoms with E-state index in [0.717, 1.165) is 6.54 Å². The molecule has 15 heavy (non-hydrogen) atoms. The predicted molar refractivity (Wildman–Crippen MR) is 56.5 cm³/mol. The van der Waals surface area contributed by atoms with Crippen molar-refractivity contribution in [2.75, 3.05) is 12.8 Å². The molecule has 1 atom stereocenters. The molecular weight excluding hydrogens is 215 g/mol. The molecule has 1 aromatic heterocycles. The molecule has 1 N–H and O–H groups in total. The number of aromatic nitrogens is 2. The Bertz CT molecular complexity index is 351. The highest BCUT2D eigenvalue weighted by atomic mass is 31.2. The summed E-state index contributed by atoms with van der Waals surface area (Å²) in [5.74, 6) is 0. The third kappa shape index (κ3) is 4.60. The lowest BCUT2D eigenvalue weighted by Gasteiger charge is -2.09. The maximum atomic E-state index is 11.3. The van der Waals surface area contributed by atoms with Crippen LogP contribution in [0.25, 0.3) is 0 Å². The lowest BCUT2D eigenvalue weighted by Crippen LogP contribution is -2.23. The zero-order valence-corrected chi connectivity index (χ0v) is 10.1. The minimum absolute atomic E-state index is 0.211. The predicted octanol–water partition coefficient (Wildman–Crippen LogP) is 0.925. The summed E-state index contributed by atoms with van der Waals surface area (Å²) >= 11 is 0. The van der Waals surface area contributed by atoms with Crippen molar-refractivity contribution in [1.29, 1.82) is 0 Å². The van der Waals surface area contributed by atoms with Gasteiger partial charge in [0.2, 0.25) is 6.33 Å². The molecule has 1 heterocycles. The van der Waals surface area contributed by atoms with Gasteiger partial charge in [0.05, 0.1) is 26.4 Å². The highest BCUT2D eigenvalue weighted by Gasteiger charge is 2.17. The largest absolute Gasteiger partial charge is 0.328 e. The molecule has 0 aliphatic heterocycles. The van der Waals surface area contributed by atoms with Gasteiger partial charge < -0.3 is 9.42 Å². The van der Waals surface area contributed by atoms with Crippen LogP contribution in [0.1, 0.15) is 13.3 Å². The lowest BCUT2D eigenvalue weighted by atomic mass is 10.5. The summed E-state index contributed by atoms with van der Waals surface area (Å²) in [5.41, 5.74) is 0. The molecule has 0 spiro atoms. The van der Waals surface area contributed by atoms with Gasteiger partial charge in [-0.2, -0.15) is 0 Å². The number of hydrogen-bond acceptors (Lipinski definition) is 2. The van der Waals surface area contributed by atoms with Gasteiger partial charge in [-0.25, -0.2) is 9.13 Å². The highest BCUT2D eigenvalue weighted by molar-refractivity contribution is 7.52. The minimum Gasteiger partial charge on any atom is -0.324 e. The number of rotatable bonds is 6. The number of hydrogen-bond donors (Lipinski definition) is 1. The van der Waals surface area contributed by atoms with Crippen molar-refractivity contribution in [2.24, 2.45) is 7.05 Å². The topological polar surface area (TPSA) is 55.3 Å². The monoisotopic (exact) mass is 233 g/mol. The minimum atomic E-state index is -3.34. The van der Waals surface area contributed by atoms with Gasteiger partial charge >= 0.3 is 7.60 Å². The van der Waals surface area contributed by atoms with E-state index < -0.39 is 7.60 Å². The van der Waals surface area contributed by atoms with Gasteiger partial charge in [-0.05, 0) is 13.3 Å². The zero-order chi connectivity index (χ0) is 11.3. The van der Waals surface area contributed by atoms with Crippen molar-refractivity contribution in [3.63, 3.8) is 0 Å². The van der Waals surface area contributed by atoms with Crippen molar-refractivity contribution in [1.82, 2.24) is 4.57 Å². The van der Waals surface area contributed by atoms with Crippen LogP contribution < -0.4 is 4.57 Å². The van der Waals surface area contributed by atoms with Crippen LogP contribution in [0.2, 0.25) is 0 Å². The molecule has 0 fully saturated rings. The van der Waals surface area contributed by atoms with Gasteiger partial charge in [0.25, 0.3) is 0 Å². The molecule has 0 aromatic carbocycles. The van der Waals surface area contributed by atoms with Gasteiger partial charge in [0.1, 0.15) is 12.4 Å². The standard InChI is InChI=1S/C9H17N2O3P/c1-3-14-15(12,13)8-4-5-11-7-6-10(2)9-11/h6-7,9H,3-5,8H2,1-2H3/p+1. The molecule has 1 unspecified atom stereocenters. The van der Waals surface area contributed by atoms with Gasteiger partial charge in [0.15, 0.2) is 0 Å². The number of nitrogens with zero attached hydrogens (tertiary/aromatic N) is 2. The van der Waals surface area contributed by atoms with Crippen LogP contribution in [0, 0.1) is 0 Å². The fourth-order valence-electron chi connectivity index (χ4n) is 1.35. The average Bonchev–Trinajstić information content (AvgIpc) is 2.51. The second-order valence-corrected chi connectivity index (χ2v) is 5.43. The first-order valence-electron chi connectivity index (χ1n) is 5.01. The Labute approximate surface area is 89.8 Å². The molecule has 0 aliphatic rings. The Morgan fingerprint density at radius 1 is 1.60 bits per heavy atom. The van der Waals surface area contributed by atoms with Gasteiger partial charge in [-0.3, -0.25) is 4.57 Å². The Kier molecular flexibility index (Phi) is 4.51. The van der Waals surface area contributed by atoms with E-state index >= 15 is 0 Å². The third-order valence-corrected chi connectivity index (χ3v) is 3.55. The molecule has 0 amide bonds. The normalized spacial score (nSPS) is 15.1. The quantitative estimate of drug-likeness (QED) is 0.587. The van der Waals surface area contributed by atoms with Crippen molar-refractivity contribution in [3.8, 4) is 0 Å². The van der Waals surface area contributed by atoms with Gasteiger partial charge in [-0.15, -0.1) is 0 Å². The van der Waals surface area contributed by atoms with Crippen molar-refractivity contribution in [2.45, 2.75) is 19.9 Å². The molecule has 1 aromatic rings. The summed E-state index contributed by atoms with van der Waals surface area (Å²) < 4.78 is 20.0. The van der Waals surface area contributed by atoms with Gasteiger partial charge in [-0.1, -0.05) is 0 Å². The first-order chi connectivity index (χ1) is 7.03. The maximum absolute atomic E-state index is 11.3. The summed E-state index contributed by atoms with van der Waals surface area (Å²) in [7, 11) is -1.40. The van der Waals surface area contributed by atoms with E-state index in [1.165, 1.54) is 0 Å². The summed E-state index contributed by atoms with van der Waals surface area (Å²) in [6, 6.07) is 0. The highest BCUT2D eigenvalue weighted by Crippen LogP contribution is 2.42. The third-order valence-electron chi connectivity index (χ3n) is 2.01. The molecule has 0 radical (unpaired) electrons. The molecule has 0 saturated carbocycles. The summed E-state index contributed by atoms with van der Waals surface area (Å²) in [4.78, 5) is 9.32. The van der Waals surface area contributed by atoms with Crippen molar-refractivity contribution >= 4 is 7.60 Å². The first-order valence-corrected chi connectivity index (χ1v) is 6.77. The van der Waals surface area contributed by atoms with Crippen LogP contribution in [-0.2, 0) is 22.7 Å². The van der Waals surface area contributed by atoms with Crippen LogP contribution in [0.3, 0.4) is 0 Å². The molecule has 0 bridgehead atoms. The van der Waals surface area contributed by atoms with Crippen LogP contribution in [0.4, 0.5) is 0 Å². The fraction of sp³-hybridized carbons (Fsp3) is 0.667. The zero-order valence-electron chi connectivity index (χ0n) is 9.17. The Morgan fingerprint density at radius 2 is 2.33 bits per heavy atom. The van der Waals surface area contributed by atoms with E-state index in [2.05, 4.69) is 0 Å². The lowest BCUT2D eigenvalue weighted by molar-refractivity contribution is -0.671. The SMILES string of the molecule is CCOP(=O)(O)CCCn1cc[n+](C)c1. The van der Waals surface area contributed by atoms with E-state index in [-0.39, 0.29) is 12.8 Å². The number of imidazole rings is 1. The van der Waals surface area contributed by atoms with E-state index in [9.17, 15) is 9.46 Å². The van der Waals surface area contributed by atoms with Crippen molar-refractivity contribution in [3.05, 3.63) is 18.7 Å². The molecular formula is C9H18N2O3P+. The molecule has 1 rings (SSSR count). The second-order valence-electron chi connectivity index (χ2n) is 3.45. The second kappa shape index (κ2) is 5.45. The van der Waals surface area contributed by atoms with Crippen LogP contribution in [0.15, 0.2) is 18.7 Å². The Balaban J connectivity index is 2.30. The van der Waals surface area contributed by atoms with Crippen LogP contribution in [-0.4, -0.2) is 22.2 Å². The molecule has 0 saturated heterocycles. The Morgan fingerprint density at radius 3 is 2.87 bits per heavy atom. The molecule has 0 aliphatic carbocycles. The summed E-state index contributed by atoms with van der Waals surface area (Å²) in [6.45, 7) is 2.74. The molecule has 5 nitrogen and oxygen atoms in total. The average molecular weight is 233 g/mol. The van der Waals surface area contributed by atoms with Crippen LogP contribution in [0.5, 0.6) is 0 Å². The van der Waals surface area contributed by atoms with Gasteiger partial charge in [0, 0.05) is 0 Å². The maximum Gasteiger partial charge on any atom is 0.328 e. The molecule has 6 heteroatoms. The fourth-order valence-corrected chi connectivity index (χ4v) is 2.43. The van der Waals surface area contributed by atoms with Crippen LogP contribution >= 0.6 is 7.60 Å². The number of aryl methyl sites for hydroxylation is 2. The van der Waals surface area contributed by atoms with E-state index in [0.29, 0.717) is 6.42 Å². The smallest absolute Gasteiger partial charge is 0.324 e. The summed E-state index contributed by atoms with van der Waals surface area (Å²) in [5, 5.41) is 0. The Hall–Kier alpha value is -0.640.